The monoisotopic (exact) mass is 441 g/mol. The number of amides is 1. The lowest BCUT2D eigenvalue weighted by Gasteiger charge is -2.20. The first-order valence-corrected chi connectivity index (χ1v) is 11.2. The third-order valence-electron chi connectivity index (χ3n) is 5.44. The average Bonchev–Trinajstić information content (AvgIpc) is 3.33. The number of benzene rings is 3. The maximum atomic E-state index is 12.8. The zero-order valence-electron chi connectivity index (χ0n) is 18.6. The van der Waals surface area contributed by atoms with Crippen LogP contribution in [0.25, 0.3) is 11.0 Å². The standard InChI is InChI=1S/C27H27N3O3/c1-2-16-33-22-11-8-19(9-12-22)25(31)14-15-26(32)30-27(20-6-4-3-5-7-20)21-10-13-23-24(17-21)29-18-28-23/h3-13,17-18,27H,2,14-16H2,1H3,(H,28,29)(H,30,32). The Labute approximate surface area is 193 Å². The number of aromatic amines is 1. The molecule has 0 aliphatic heterocycles. The van der Waals surface area contributed by atoms with Crippen molar-refractivity contribution in [2.75, 3.05) is 6.61 Å². The predicted molar refractivity (Wildman–Crippen MR) is 128 cm³/mol. The van der Waals surface area contributed by atoms with Crippen LogP contribution in [0.2, 0.25) is 0 Å². The van der Waals surface area contributed by atoms with Crippen LogP contribution in [-0.4, -0.2) is 28.3 Å². The summed E-state index contributed by atoms with van der Waals surface area (Å²) < 4.78 is 5.56. The number of Topliss-reactive ketones (excluding diaryl/α,β-unsaturated/α-hetero) is 1. The Bertz CT molecular complexity index is 1220. The predicted octanol–water partition coefficient (Wildman–Crippen LogP) is 5.22. The molecule has 1 heterocycles. The highest BCUT2D eigenvalue weighted by Crippen LogP contribution is 2.25. The smallest absolute Gasteiger partial charge is 0.221 e. The van der Waals surface area contributed by atoms with Crippen LogP contribution in [0.1, 0.15) is 53.7 Å². The van der Waals surface area contributed by atoms with Gasteiger partial charge in [0.1, 0.15) is 5.75 Å². The van der Waals surface area contributed by atoms with E-state index in [1.807, 2.05) is 55.5 Å². The molecule has 1 amide bonds. The minimum absolute atomic E-state index is 0.0673. The number of rotatable bonds is 10. The molecule has 6 nitrogen and oxygen atoms in total. The minimum atomic E-state index is -0.323. The molecular formula is C27H27N3O3. The summed E-state index contributed by atoms with van der Waals surface area (Å²) in [6, 6.07) is 22.4. The third-order valence-corrected chi connectivity index (χ3v) is 5.44. The van der Waals surface area contributed by atoms with E-state index in [2.05, 4.69) is 15.3 Å². The highest BCUT2D eigenvalue weighted by Gasteiger charge is 2.18. The van der Waals surface area contributed by atoms with Crippen LogP contribution >= 0.6 is 0 Å². The number of H-pyrrole nitrogens is 1. The first kappa shape index (κ1) is 22.3. The van der Waals surface area contributed by atoms with Crippen LogP contribution in [0, 0.1) is 0 Å². The van der Waals surface area contributed by atoms with E-state index in [0.29, 0.717) is 12.2 Å². The molecule has 0 aliphatic rings. The van der Waals surface area contributed by atoms with Gasteiger partial charge in [0, 0.05) is 18.4 Å². The van der Waals surface area contributed by atoms with Gasteiger partial charge in [0.25, 0.3) is 0 Å². The summed E-state index contributed by atoms with van der Waals surface area (Å²) >= 11 is 0. The van der Waals surface area contributed by atoms with Gasteiger partial charge in [-0.3, -0.25) is 9.59 Å². The van der Waals surface area contributed by atoms with E-state index in [-0.39, 0.29) is 30.6 Å². The molecule has 2 N–H and O–H groups in total. The topological polar surface area (TPSA) is 84.1 Å². The Morgan fingerprint density at radius 1 is 0.970 bits per heavy atom. The van der Waals surface area contributed by atoms with Crippen LogP contribution in [0.5, 0.6) is 5.75 Å². The number of carbonyl (C=O) groups excluding carboxylic acids is 2. The number of hydrogen-bond acceptors (Lipinski definition) is 4. The number of nitrogens with zero attached hydrogens (tertiary/aromatic N) is 1. The van der Waals surface area contributed by atoms with Gasteiger partial charge in [-0.05, 0) is 53.9 Å². The molecule has 0 spiro atoms. The first-order valence-electron chi connectivity index (χ1n) is 11.2. The number of imidazole rings is 1. The van der Waals surface area contributed by atoms with Crippen molar-refractivity contribution in [3.05, 3.63) is 95.8 Å². The molecule has 6 heteroatoms. The van der Waals surface area contributed by atoms with E-state index < -0.39 is 0 Å². The quantitative estimate of drug-likeness (QED) is 0.331. The molecule has 0 radical (unpaired) electrons. The van der Waals surface area contributed by atoms with Crippen LogP contribution in [0.3, 0.4) is 0 Å². The fourth-order valence-electron chi connectivity index (χ4n) is 3.70. The summed E-state index contributed by atoms with van der Waals surface area (Å²) in [7, 11) is 0. The van der Waals surface area contributed by atoms with E-state index in [1.165, 1.54) is 0 Å². The molecule has 0 bridgehead atoms. The van der Waals surface area contributed by atoms with Gasteiger partial charge in [-0.25, -0.2) is 4.98 Å². The Morgan fingerprint density at radius 2 is 1.76 bits per heavy atom. The summed E-state index contributed by atoms with van der Waals surface area (Å²) in [6.45, 7) is 2.68. The molecular weight excluding hydrogens is 414 g/mol. The second kappa shape index (κ2) is 10.6. The molecule has 1 atom stereocenters. The van der Waals surface area contributed by atoms with Gasteiger partial charge in [-0.15, -0.1) is 0 Å². The summed E-state index contributed by atoms with van der Waals surface area (Å²) in [6.07, 6.45) is 2.83. The minimum Gasteiger partial charge on any atom is -0.494 e. The van der Waals surface area contributed by atoms with Gasteiger partial charge >= 0.3 is 0 Å². The van der Waals surface area contributed by atoms with Gasteiger partial charge in [0.2, 0.25) is 5.91 Å². The van der Waals surface area contributed by atoms with Gasteiger partial charge in [-0.2, -0.15) is 0 Å². The van der Waals surface area contributed by atoms with Crippen molar-refractivity contribution >= 4 is 22.7 Å². The van der Waals surface area contributed by atoms with Crippen LogP contribution in [-0.2, 0) is 4.79 Å². The van der Waals surface area contributed by atoms with E-state index in [1.54, 1.807) is 30.6 Å². The van der Waals surface area contributed by atoms with Crippen LogP contribution in [0.15, 0.2) is 79.1 Å². The molecule has 0 saturated heterocycles. The summed E-state index contributed by atoms with van der Waals surface area (Å²) in [5.74, 6) is 0.498. The highest BCUT2D eigenvalue weighted by atomic mass is 16.5. The maximum absolute atomic E-state index is 12.8. The van der Waals surface area contributed by atoms with Crippen molar-refractivity contribution in [2.24, 2.45) is 0 Å². The van der Waals surface area contributed by atoms with E-state index in [4.69, 9.17) is 4.74 Å². The van der Waals surface area contributed by atoms with Gasteiger partial charge in [0.05, 0.1) is 30.0 Å². The Kier molecular flexibility index (Phi) is 7.15. The number of ketones is 1. The zero-order chi connectivity index (χ0) is 23.0. The van der Waals surface area contributed by atoms with Crippen molar-refractivity contribution in [2.45, 2.75) is 32.2 Å². The van der Waals surface area contributed by atoms with Gasteiger partial charge in [0.15, 0.2) is 5.78 Å². The largest absolute Gasteiger partial charge is 0.494 e. The van der Waals surface area contributed by atoms with Crippen molar-refractivity contribution in [3.8, 4) is 5.75 Å². The van der Waals surface area contributed by atoms with E-state index in [0.717, 1.165) is 34.3 Å². The lowest BCUT2D eigenvalue weighted by molar-refractivity contribution is -0.121. The maximum Gasteiger partial charge on any atom is 0.221 e. The number of fused-ring (bicyclic) bond motifs is 1. The fraction of sp³-hybridized carbons (Fsp3) is 0.222. The molecule has 3 aromatic carbocycles. The summed E-state index contributed by atoms with van der Waals surface area (Å²) in [4.78, 5) is 32.8. The third kappa shape index (κ3) is 5.66. The number of aromatic nitrogens is 2. The molecule has 33 heavy (non-hydrogen) atoms. The molecule has 0 saturated carbocycles. The first-order chi connectivity index (χ1) is 16.1. The molecule has 0 fully saturated rings. The summed E-state index contributed by atoms with van der Waals surface area (Å²) in [5, 5.41) is 3.10. The fourth-order valence-corrected chi connectivity index (χ4v) is 3.70. The molecule has 4 aromatic rings. The lowest BCUT2D eigenvalue weighted by atomic mass is 9.97. The van der Waals surface area contributed by atoms with E-state index >= 15 is 0 Å². The Hall–Kier alpha value is -3.93. The van der Waals surface area contributed by atoms with E-state index in [9.17, 15) is 9.59 Å². The normalized spacial score (nSPS) is 11.8. The second-order valence-electron chi connectivity index (χ2n) is 7.89. The number of nitrogens with one attached hydrogen (secondary N) is 2. The highest BCUT2D eigenvalue weighted by molar-refractivity contribution is 5.98. The van der Waals surface area contributed by atoms with Crippen molar-refractivity contribution < 1.29 is 14.3 Å². The van der Waals surface area contributed by atoms with Gasteiger partial charge in [-0.1, -0.05) is 43.3 Å². The molecule has 0 aliphatic carbocycles. The van der Waals surface area contributed by atoms with Crippen molar-refractivity contribution in [1.82, 2.24) is 15.3 Å². The number of hydrogen-bond donors (Lipinski definition) is 2. The molecule has 1 unspecified atom stereocenters. The van der Waals surface area contributed by atoms with Crippen LogP contribution in [0.4, 0.5) is 0 Å². The van der Waals surface area contributed by atoms with Crippen molar-refractivity contribution in [1.29, 1.82) is 0 Å². The second-order valence-corrected chi connectivity index (χ2v) is 7.89. The molecule has 1 aromatic heterocycles. The Morgan fingerprint density at radius 3 is 2.52 bits per heavy atom. The number of carbonyl (C=O) groups is 2. The average molecular weight is 442 g/mol. The Balaban J connectivity index is 1.42. The van der Waals surface area contributed by atoms with Crippen molar-refractivity contribution in [3.63, 3.8) is 0 Å². The number of ether oxygens (including phenoxy) is 1. The SMILES string of the molecule is CCCOc1ccc(C(=O)CCC(=O)NC(c2ccccc2)c2ccc3nc[nH]c3c2)cc1. The molecule has 168 valence electrons. The summed E-state index contributed by atoms with van der Waals surface area (Å²) in [5.41, 5.74) is 4.27. The lowest BCUT2D eigenvalue weighted by Crippen LogP contribution is -2.29. The molecule has 4 rings (SSSR count). The zero-order valence-corrected chi connectivity index (χ0v) is 18.6. The van der Waals surface area contributed by atoms with Gasteiger partial charge < -0.3 is 15.0 Å². The van der Waals surface area contributed by atoms with Crippen LogP contribution < -0.4 is 10.1 Å².